The van der Waals surface area contributed by atoms with E-state index < -0.39 is 16.8 Å². The van der Waals surface area contributed by atoms with Crippen LogP contribution in [0.4, 0.5) is 11.4 Å². The molecule has 0 heterocycles. The summed E-state index contributed by atoms with van der Waals surface area (Å²) in [7, 11) is 1.31. The van der Waals surface area contributed by atoms with Crippen molar-refractivity contribution >= 4 is 29.3 Å². The van der Waals surface area contributed by atoms with Crippen LogP contribution in [0.3, 0.4) is 0 Å². The van der Waals surface area contributed by atoms with Crippen molar-refractivity contribution in [1.29, 1.82) is 5.26 Å². The Morgan fingerprint density at radius 2 is 1.74 bits per heavy atom. The average Bonchev–Trinajstić information content (AvgIpc) is 2.83. The monoisotopic (exact) mass is 457 g/mol. The van der Waals surface area contributed by atoms with Gasteiger partial charge in [-0.15, -0.1) is 0 Å². The van der Waals surface area contributed by atoms with Gasteiger partial charge >= 0.3 is 5.97 Å². The van der Waals surface area contributed by atoms with Crippen molar-refractivity contribution in [3.05, 3.63) is 99.1 Å². The number of methoxy groups -OCH3 is 1. The largest absolute Gasteiger partial charge is 0.494 e. The summed E-state index contributed by atoms with van der Waals surface area (Å²) in [6.07, 6.45) is 1.36. The van der Waals surface area contributed by atoms with Gasteiger partial charge in [-0.2, -0.15) is 5.26 Å². The fourth-order valence-corrected chi connectivity index (χ4v) is 2.89. The van der Waals surface area contributed by atoms with Gasteiger partial charge in [0.15, 0.2) is 0 Å². The Kier molecular flexibility index (Phi) is 7.36. The number of nitriles is 1. The van der Waals surface area contributed by atoms with E-state index in [0.717, 1.165) is 5.56 Å². The van der Waals surface area contributed by atoms with E-state index in [-0.39, 0.29) is 22.7 Å². The molecule has 1 N–H and O–H groups in total. The van der Waals surface area contributed by atoms with E-state index in [1.54, 1.807) is 36.4 Å². The molecule has 0 radical (unpaired) electrons. The number of non-ortho nitro benzene ring substituents is 1. The maximum absolute atomic E-state index is 12.6. The first-order valence-corrected chi connectivity index (χ1v) is 9.95. The van der Waals surface area contributed by atoms with Crippen LogP contribution in [-0.4, -0.2) is 23.9 Å². The first-order valence-electron chi connectivity index (χ1n) is 9.95. The number of anilines is 1. The number of benzene rings is 3. The molecule has 0 bridgehead atoms. The molecule has 0 fully saturated rings. The first-order chi connectivity index (χ1) is 16.3. The molecular formula is C25H19N3O6. The molecule has 0 aliphatic carbocycles. The van der Waals surface area contributed by atoms with Gasteiger partial charge in [-0.3, -0.25) is 14.9 Å². The zero-order chi connectivity index (χ0) is 24.7. The topological polar surface area (TPSA) is 132 Å². The van der Waals surface area contributed by atoms with E-state index in [1.165, 1.54) is 31.4 Å². The standard InChI is InChI=1S/C25H19N3O6/c1-16-3-7-18(8-4-16)25(30)34-21-10-5-17(6-11-21)13-19(15-26)24(29)27-22-12-9-20(28(31)32)14-23(22)33-2/h3-14H,1-2H3,(H,27,29)/b19-13+. The number of nitrogens with zero attached hydrogens (tertiary/aromatic N) is 2. The second-order valence-electron chi connectivity index (χ2n) is 7.09. The quantitative estimate of drug-likeness (QED) is 0.136. The molecule has 0 aliphatic heterocycles. The summed E-state index contributed by atoms with van der Waals surface area (Å²) in [5.41, 5.74) is 1.74. The number of nitrogens with one attached hydrogen (secondary N) is 1. The molecule has 34 heavy (non-hydrogen) atoms. The van der Waals surface area contributed by atoms with Crippen LogP contribution in [0.15, 0.2) is 72.3 Å². The highest BCUT2D eigenvalue weighted by molar-refractivity contribution is 6.10. The third-order valence-corrected chi connectivity index (χ3v) is 4.70. The van der Waals surface area contributed by atoms with E-state index in [0.29, 0.717) is 16.9 Å². The van der Waals surface area contributed by atoms with E-state index in [9.17, 15) is 25.0 Å². The van der Waals surface area contributed by atoms with Crippen LogP contribution in [0.1, 0.15) is 21.5 Å². The van der Waals surface area contributed by atoms with Crippen LogP contribution < -0.4 is 14.8 Å². The van der Waals surface area contributed by atoms with Crippen molar-refractivity contribution in [2.24, 2.45) is 0 Å². The summed E-state index contributed by atoms with van der Waals surface area (Å²) in [5, 5.41) is 22.9. The van der Waals surface area contributed by atoms with Crippen LogP contribution in [0, 0.1) is 28.4 Å². The number of carbonyl (C=O) groups excluding carboxylic acids is 2. The fraction of sp³-hybridized carbons (Fsp3) is 0.0800. The lowest BCUT2D eigenvalue weighted by Crippen LogP contribution is -2.14. The number of amides is 1. The van der Waals surface area contributed by atoms with Crippen LogP contribution in [0.25, 0.3) is 6.08 Å². The molecule has 0 unspecified atom stereocenters. The van der Waals surface area contributed by atoms with Gasteiger partial charge in [0.1, 0.15) is 23.1 Å². The second kappa shape index (κ2) is 10.6. The summed E-state index contributed by atoms with van der Waals surface area (Å²) >= 11 is 0. The number of esters is 1. The SMILES string of the molecule is COc1cc([N+](=O)[O-])ccc1NC(=O)/C(C#N)=C/c1ccc(OC(=O)c2ccc(C)cc2)cc1. The molecule has 9 heteroatoms. The summed E-state index contributed by atoms with van der Waals surface area (Å²) in [6.45, 7) is 1.92. The van der Waals surface area contributed by atoms with Crippen molar-refractivity contribution < 1.29 is 24.0 Å². The van der Waals surface area contributed by atoms with Crippen LogP contribution in [0.2, 0.25) is 0 Å². The molecule has 3 aromatic rings. The maximum atomic E-state index is 12.6. The summed E-state index contributed by atoms with van der Waals surface area (Å²) in [6, 6.07) is 18.8. The number of rotatable bonds is 7. The Bertz CT molecular complexity index is 1310. The third-order valence-electron chi connectivity index (χ3n) is 4.70. The minimum Gasteiger partial charge on any atom is -0.494 e. The van der Waals surface area contributed by atoms with Gasteiger partial charge < -0.3 is 14.8 Å². The summed E-state index contributed by atoms with van der Waals surface area (Å²) < 4.78 is 10.4. The molecule has 0 aromatic heterocycles. The Hall–Kier alpha value is -4.97. The van der Waals surface area contributed by atoms with Crippen LogP contribution in [-0.2, 0) is 4.79 Å². The molecule has 0 saturated heterocycles. The summed E-state index contributed by atoms with van der Waals surface area (Å²) in [5.74, 6) is -0.831. The predicted molar refractivity (Wildman–Crippen MR) is 124 cm³/mol. The highest BCUT2D eigenvalue weighted by Gasteiger charge is 2.16. The molecule has 170 valence electrons. The van der Waals surface area contributed by atoms with E-state index in [4.69, 9.17) is 9.47 Å². The predicted octanol–water partition coefficient (Wildman–Crippen LogP) is 4.68. The normalized spacial score (nSPS) is 10.7. The second-order valence-corrected chi connectivity index (χ2v) is 7.09. The van der Waals surface area contributed by atoms with Crippen molar-refractivity contribution in [3.63, 3.8) is 0 Å². The molecular weight excluding hydrogens is 438 g/mol. The molecule has 3 rings (SSSR count). The number of hydrogen-bond donors (Lipinski definition) is 1. The molecule has 0 saturated carbocycles. The molecule has 0 aliphatic rings. The number of hydrogen-bond acceptors (Lipinski definition) is 7. The highest BCUT2D eigenvalue weighted by Crippen LogP contribution is 2.29. The first kappa shape index (κ1) is 23.7. The number of nitro benzene ring substituents is 1. The molecule has 0 atom stereocenters. The molecule has 3 aromatic carbocycles. The van der Waals surface area contributed by atoms with E-state index >= 15 is 0 Å². The van der Waals surface area contributed by atoms with Gasteiger partial charge in [0, 0.05) is 6.07 Å². The van der Waals surface area contributed by atoms with Gasteiger partial charge in [-0.25, -0.2) is 4.79 Å². The lowest BCUT2D eigenvalue weighted by atomic mass is 10.1. The molecule has 9 nitrogen and oxygen atoms in total. The van der Waals surface area contributed by atoms with Gasteiger partial charge in [0.25, 0.3) is 11.6 Å². The van der Waals surface area contributed by atoms with Crippen molar-refractivity contribution in [2.75, 3.05) is 12.4 Å². The van der Waals surface area contributed by atoms with Gasteiger partial charge in [-0.1, -0.05) is 29.8 Å². The zero-order valence-electron chi connectivity index (χ0n) is 18.3. The number of carbonyl (C=O) groups is 2. The average molecular weight is 457 g/mol. The maximum Gasteiger partial charge on any atom is 0.343 e. The Morgan fingerprint density at radius 1 is 1.06 bits per heavy atom. The number of nitro groups is 1. The third kappa shape index (κ3) is 5.83. The smallest absolute Gasteiger partial charge is 0.343 e. The Balaban J connectivity index is 1.72. The summed E-state index contributed by atoms with van der Waals surface area (Å²) in [4.78, 5) is 35.1. The van der Waals surface area contributed by atoms with Gasteiger partial charge in [-0.05, 0) is 48.9 Å². The van der Waals surface area contributed by atoms with Crippen LogP contribution in [0.5, 0.6) is 11.5 Å². The number of ether oxygens (including phenoxy) is 2. The molecule has 0 spiro atoms. The Morgan fingerprint density at radius 3 is 2.32 bits per heavy atom. The fourth-order valence-electron chi connectivity index (χ4n) is 2.89. The van der Waals surface area contributed by atoms with Gasteiger partial charge in [0.05, 0.1) is 29.4 Å². The minimum absolute atomic E-state index is 0.0829. The van der Waals surface area contributed by atoms with Crippen molar-refractivity contribution in [2.45, 2.75) is 6.92 Å². The van der Waals surface area contributed by atoms with Crippen LogP contribution >= 0.6 is 0 Å². The number of aryl methyl sites for hydroxylation is 1. The lowest BCUT2D eigenvalue weighted by molar-refractivity contribution is -0.384. The lowest BCUT2D eigenvalue weighted by Gasteiger charge is -2.09. The molecule has 1 amide bonds. The van der Waals surface area contributed by atoms with Crippen molar-refractivity contribution in [1.82, 2.24) is 0 Å². The zero-order valence-corrected chi connectivity index (χ0v) is 18.3. The van der Waals surface area contributed by atoms with E-state index in [2.05, 4.69) is 5.32 Å². The Labute approximate surface area is 195 Å². The van der Waals surface area contributed by atoms with E-state index in [1.807, 2.05) is 25.1 Å². The van der Waals surface area contributed by atoms with Crippen molar-refractivity contribution in [3.8, 4) is 17.6 Å². The highest BCUT2D eigenvalue weighted by atomic mass is 16.6. The minimum atomic E-state index is -0.718. The van der Waals surface area contributed by atoms with Gasteiger partial charge in [0.2, 0.25) is 0 Å².